The Bertz CT molecular complexity index is 521. The van der Waals surface area contributed by atoms with Gasteiger partial charge >= 0.3 is 0 Å². The van der Waals surface area contributed by atoms with Gasteiger partial charge in [-0.1, -0.05) is 29.8 Å². The van der Waals surface area contributed by atoms with E-state index in [9.17, 15) is 4.79 Å². The maximum atomic E-state index is 12.4. The zero-order valence-electron chi connectivity index (χ0n) is 12.5. The van der Waals surface area contributed by atoms with Crippen LogP contribution in [0, 0.1) is 6.92 Å². The molecule has 0 radical (unpaired) electrons. The first-order chi connectivity index (χ1) is 8.70. The van der Waals surface area contributed by atoms with Crippen LogP contribution in [0.1, 0.15) is 45.2 Å². The first kappa shape index (κ1) is 14.0. The highest BCUT2D eigenvalue weighted by molar-refractivity contribution is 6.03. The van der Waals surface area contributed by atoms with E-state index in [4.69, 9.17) is 0 Å². The molecule has 1 aliphatic heterocycles. The SMILES string of the molecule is Cc1ccc(/C=C2\C(=O)CC(C)(C)NC2(C)C)cc1. The van der Waals surface area contributed by atoms with E-state index < -0.39 is 0 Å². The molecule has 1 saturated heterocycles. The quantitative estimate of drug-likeness (QED) is 0.780. The third kappa shape index (κ3) is 3.13. The molecule has 0 saturated carbocycles. The number of benzene rings is 1. The minimum absolute atomic E-state index is 0.134. The highest BCUT2D eigenvalue weighted by Gasteiger charge is 2.40. The number of ketones is 1. The Morgan fingerprint density at radius 3 is 2.21 bits per heavy atom. The second kappa shape index (κ2) is 4.61. The molecule has 1 aliphatic rings. The van der Waals surface area contributed by atoms with Crippen molar-refractivity contribution in [2.45, 2.75) is 52.1 Å². The van der Waals surface area contributed by atoms with E-state index in [1.165, 1.54) is 5.56 Å². The normalized spacial score (nSPS) is 23.6. The molecule has 19 heavy (non-hydrogen) atoms. The average molecular weight is 257 g/mol. The van der Waals surface area contributed by atoms with Crippen molar-refractivity contribution in [3.05, 3.63) is 41.0 Å². The third-order valence-corrected chi connectivity index (χ3v) is 3.62. The molecule has 2 heteroatoms. The van der Waals surface area contributed by atoms with Crippen LogP contribution >= 0.6 is 0 Å². The van der Waals surface area contributed by atoms with E-state index in [-0.39, 0.29) is 16.9 Å². The molecule has 0 atom stereocenters. The Kier molecular flexibility index (Phi) is 3.40. The van der Waals surface area contributed by atoms with Gasteiger partial charge in [0.15, 0.2) is 5.78 Å². The van der Waals surface area contributed by atoms with Crippen molar-refractivity contribution < 1.29 is 4.79 Å². The second-order valence-electron chi connectivity index (χ2n) is 6.70. The van der Waals surface area contributed by atoms with Crippen LogP contribution in [0.3, 0.4) is 0 Å². The summed E-state index contributed by atoms with van der Waals surface area (Å²) in [5, 5.41) is 3.55. The molecule has 0 aromatic heterocycles. The summed E-state index contributed by atoms with van der Waals surface area (Å²) in [5.41, 5.74) is 2.77. The van der Waals surface area contributed by atoms with Crippen molar-refractivity contribution >= 4 is 11.9 Å². The van der Waals surface area contributed by atoms with Crippen LogP contribution in [-0.4, -0.2) is 16.9 Å². The van der Waals surface area contributed by atoms with E-state index in [0.717, 1.165) is 11.1 Å². The third-order valence-electron chi connectivity index (χ3n) is 3.62. The van der Waals surface area contributed by atoms with Gasteiger partial charge in [0.25, 0.3) is 0 Å². The molecule has 1 heterocycles. The first-order valence-corrected chi connectivity index (χ1v) is 6.81. The van der Waals surface area contributed by atoms with Crippen LogP contribution in [0.4, 0.5) is 0 Å². The summed E-state index contributed by atoms with van der Waals surface area (Å²) in [6, 6.07) is 8.27. The number of aryl methyl sites for hydroxylation is 1. The lowest BCUT2D eigenvalue weighted by atomic mass is 9.77. The zero-order valence-corrected chi connectivity index (χ0v) is 12.5. The van der Waals surface area contributed by atoms with Crippen molar-refractivity contribution in [2.75, 3.05) is 0 Å². The number of Topliss-reactive ketones (excluding diaryl/α,β-unsaturated/α-hetero) is 1. The number of hydrogen-bond acceptors (Lipinski definition) is 2. The molecule has 1 aromatic carbocycles. The minimum atomic E-state index is -0.288. The van der Waals surface area contributed by atoms with Gasteiger partial charge in [0, 0.05) is 23.1 Å². The van der Waals surface area contributed by atoms with Gasteiger partial charge in [-0.05, 0) is 46.3 Å². The van der Waals surface area contributed by atoms with Gasteiger partial charge in [-0.15, -0.1) is 0 Å². The molecule has 0 unspecified atom stereocenters. The zero-order chi connectivity index (χ0) is 14.3. The van der Waals surface area contributed by atoms with Crippen LogP contribution in [0.2, 0.25) is 0 Å². The number of rotatable bonds is 1. The van der Waals surface area contributed by atoms with Crippen LogP contribution in [0.5, 0.6) is 0 Å². The summed E-state index contributed by atoms with van der Waals surface area (Å²) in [6.07, 6.45) is 2.57. The maximum absolute atomic E-state index is 12.4. The van der Waals surface area contributed by atoms with Crippen LogP contribution in [0.15, 0.2) is 29.8 Å². The largest absolute Gasteiger partial charge is 0.302 e. The summed E-state index contributed by atoms with van der Waals surface area (Å²) in [6.45, 7) is 10.4. The van der Waals surface area contributed by atoms with Crippen molar-refractivity contribution in [1.29, 1.82) is 0 Å². The molecule has 0 aliphatic carbocycles. The number of carbonyl (C=O) groups is 1. The topological polar surface area (TPSA) is 29.1 Å². The monoisotopic (exact) mass is 257 g/mol. The predicted molar refractivity (Wildman–Crippen MR) is 80.1 cm³/mol. The van der Waals surface area contributed by atoms with Gasteiger partial charge in [0.1, 0.15) is 0 Å². The van der Waals surface area contributed by atoms with Crippen LogP contribution in [0.25, 0.3) is 6.08 Å². The molecule has 1 N–H and O–H groups in total. The van der Waals surface area contributed by atoms with Gasteiger partial charge in [0.05, 0.1) is 0 Å². The molecule has 2 nitrogen and oxygen atoms in total. The molecule has 1 fully saturated rings. The first-order valence-electron chi connectivity index (χ1n) is 6.81. The summed E-state index contributed by atoms with van der Waals surface area (Å²) in [4.78, 5) is 12.4. The van der Waals surface area contributed by atoms with Crippen LogP contribution < -0.4 is 5.32 Å². The average Bonchev–Trinajstić information content (AvgIpc) is 2.23. The molecular formula is C17H23NO. The molecule has 0 amide bonds. The Labute approximate surface area is 115 Å². The molecule has 1 aromatic rings. The fourth-order valence-corrected chi connectivity index (χ4v) is 2.89. The minimum Gasteiger partial charge on any atom is -0.302 e. The Balaban J connectivity index is 2.38. The van der Waals surface area contributed by atoms with Crippen molar-refractivity contribution in [2.24, 2.45) is 0 Å². The Hall–Kier alpha value is -1.41. The number of carbonyl (C=O) groups excluding carboxylic acids is 1. The van der Waals surface area contributed by atoms with Crippen molar-refractivity contribution in [3.8, 4) is 0 Å². The van der Waals surface area contributed by atoms with E-state index in [1.807, 2.05) is 6.08 Å². The fraction of sp³-hybridized carbons (Fsp3) is 0.471. The van der Waals surface area contributed by atoms with Gasteiger partial charge in [-0.2, -0.15) is 0 Å². The lowest BCUT2D eigenvalue weighted by Gasteiger charge is -2.43. The standard InChI is InChI=1S/C17H23NO/c1-12-6-8-13(9-7-12)10-14-15(19)11-16(2,3)18-17(14,4)5/h6-10,18H,11H2,1-5H3/b14-10+. The molecule has 102 valence electrons. The van der Waals surface area contributed by atoms with Gasteiger partial charge in [0.2, 0.25) is 0 Å². The second-order valence-corrected chi connectivity index (χ2v) is 6.70. The van der Waals surface area contributed by atoms with E-state index in [0.29, 0.717) is 6.42 Å². The van der Waals surface area contributed by atoms with E-state index in [1.54, 1.807) is 0 Å². The summed E-state index contributed by atoms with van der Waals surface area (Å²) in [5.74, 6) is 0.245. The maximum Gasteiger partial charge on any atom is 0.162 e. The number of hydrogen-bond donors (Lipinski definition) is 1. The summed E-state index contributed by atoms with van der Waals surface area (Å²) < 4.78 is 0. The lowest BCUT2D eigenvalue weighted by Crippen LogP contribution is -2.59. The van der Waals surface area contributed by atoms with E-state index >= 15 is 0 Å². The van der Waals surface area contributed by atoms with E-state index in [2.05, 4.69) is 64.2 Å². The molecule has 0 bridgehead atoms. The highest BCUT2D eigenvalue weighted by atomic mass is 16.1. The predicted octanol–water partition coefficient (Wildman–Crippen LogP) is 3.50. The van der Waals surface area contributed by atoms with Gasteiger partial charge in [-0.25, -0.2) is 0 Å². The molecular weight excluding hydrogens is 234 g/mol. The Morgan fingerprint density at radius 1 is 1.11 bits per heavy atom. The lowest BCUT2D eigenvalue weighted by molar-refractivity contribution is -0.119. The van der Waals surface area contributed by atoms with Gasteiger partial charge < -0.3 is 5.32 Å². The Morgan fingerprint density at radius 2 is 1.68 bits per heavy atom. The smallest absolute Gasteiger partial charge is 0.162 e. The summed E-state index contributed by atoms with van der Waals surface area (Å²) >= 11 is 0. The fourth-order valence-electron chi connectivity index (χ4n) is 2.89. The number of piperidine rings is 1. The van der Waals surface area contributed by atoms with Crippen molar-refractivity contribution in [1.82, 2.24) is 5.32 Å². The van der Waals surface area contributed by atoms with Gasteiger partial charge in [-0.3, -0.25) is 4.79 Å². The van der Waals surface area contributed by atoms with Crippen LogP contribution in [-0.2, 0) is 4.79 Å². The summed E-state index contributed by atoms with van der Waals surface area (Å²) in [7, 11) is 0. The molecule has 0 spiro atoms. The van der Waals surface area contributed by atoms with Crippen molar-refractivity contribution in [3.63, 3.8) is 0 Å². The highest BCUT2D eigenvalue weighted by Crippen LogP contribution is 2.31. The molecule has 2 rings (SSSR count). The number of nitrogens with one attached hydrogen (secondary N) is 1.